The molecule has 1 aliphatic rings. The molecule has 1 heterocycles. The lowest BCUT2D eigenvalue weighted by molar-refractivity contribution is -0.447. The van der Waals surface area contributed by atoms with E-state index in [4.69, 9.17) is 5.11 Å². The number of aliphatic imine (C=N–C) groups is 1. The van der Waals surface area contributed by atoms with E-state index in [1.54, 1.807) is 17.9 Å². The third kappa shape index (κ3) is 1.61. The zero-order valence-electron chi connectivity index (χ0n) is 4.21. The number of hydrogen-bond donors (Lipinski definition) is 2. The fourth-order valence-electron chi connectivity index (χ4n) is 0.429. The van der Waals surface area contributed by atoms with Crippen LogP contribution in [0.4, 0.5) is 0 Å². The van der Waals surface area contributed by atoms with Crippen LogP contribution in [0, 0.1) is 0 Å². The van der Waals surface area contributed by atoms with Gasteiger partial charge in [-0.25, -0.2) is 0 Å². The van der Waals surface area contributed by atoms with E-state index in [2.05, 4.69) is 4.99 Å². The van der Waals surface area contributed by atoms with E-state index < -0.39 is 0 Å². The number of quaternary nitrogens is 1. The molecular formula is C4H7ClN2O. The molecule has 0 aromatic carbocycles. The molecule has 4 heteroatoms. The number of aliphatic hydroxyl groups is 1. The minimum absolute atomic E-state index is 0. The van der Waals surface area contributed by atoms with E-state index in [9.17, 15) is 0 Å². The summed E-state index contributed by atoms with van der Waals surface area (Å²) in [5, 5.41) is 10.2. The Bertz CT molecular complexity index is 121. The van der Waals surface area contributed by atoms with Crippen molar-refractivity contribution in [1.29, 1.82) is 0 Å². The van der Waals surface area contributed by atoms with Gasteiger partial charge in [-0.15, -0.1) is 0 Å². The van der Waals surface area contributed by atoms with Crippen molar-refractivity contribution in [3.8, 4) is 0 Å². The number of nitrogens with zero attached hydrogens (tertiary/aromatic N) is 1. The van der Waals surface area contributed by atoms with Crippen LogP contribution < -0.4 is 17.7 Å². The average molecular weight is 135 g/mol. The molecule has 0 bridgehead atoms. The lowest BCUT2D eigenvalue weighted by Crippen LogP contribution is -3.00. The van der Waals surface area contributed by atoms with Gasteiger partial charge in [0, 0.05) is 0 Å². The second-order valence-electron chi connectivity index (χ2n) is 1.29. The molecule has 0 spiro atoms. The van der Waals surface area contributed by atoms with Crippen molar-refractivity contribution < 1.29 is 22.8 Å². The first-order chi connectivity index (χ1) is 3.43. The van der Waals surface area contributed by atoms with Crippen molar-refractivity contribution in [3.63, 3.8) is 0 Å². The minimum atomic E-state index is 0. The van der Waals surface area contributed by atoms with E-state index in [0.717, 1.165) is 5.70 Å². The minimum Gasteiger partial charge on any atom is -1.00 e. The van der Waals surface area contributed by atoms with Crippen LogP contribution in [0.15, 0.2) is 16.9 Å². The largest absolute Gasteiger partial charge is 1.00 e. The maximum atomic E-state index is 8.36. The predicted molar refractivity (Wildman–Crippen MR) is 25.6 cm³/mol. The topological polar surface area (TPSA) is 49.2 Å². The van der Waals surface area contributed by atoms with Gasteiger partial charge in [-0.05, 0) is 0 Å². The average Bonchev–Trinajstić information content (AvgIpc) is 2.14. The van der Waals surface area contributed by atoms with Gasteiger partial charge < -0.3 is 17.5 Å². The molecule has 0 unspecified atom stereocenters. The van der Waals surface area contributed by atoms with Crippen molar-refractivity contribution >= 4 is 6.34 Å². The molecule has 0 fully saturated rings. The highest BCUT2D eigenvalue weighted by molar-refractivity contribution is 5.47. The van der Waals surface area contributed by atoms with Crippen LogP contribution in [-0.2, 0) is 0 Å². The van der Waals surface area contributed by atoms with Crippen LogP contribution in [0.1, 0.15) is 0 Å². The first kappa shape index (κ1) is 7.62. The van der Waals surface area contributed by atoms with Crippen LogP contribution in [0.3, 0.4) is 0 Å². The SMILES string of the molecule is OCC1=C[NH2+]C=N1.[Cl-]. The van der Waals surface area contributed by atoms with Gasteiger partial charge in [0.15, 0.2) is 6.34 Å². The summed E-state index contributed by atoms with van der Waals surface area (Å²) in [7, 11) is 0. The Morgan fingerprint density at radius 3 is 2.75 bits per heavy atom. The first-order valence-electron chi connectivity index (χ1n) is 2.11. The zero-order chi connectivity index (χ0) is 5.11. The van der Waals surface area contributed by atoms with Crippen molar-refractivity contribution in [2.24, 2.45) is 4.99 Å². The molecule has 0 atom stereocenters. The molecule has 8 heavy (non-hydrogen) atoms. The summed E-state index contributed by atoms with van der Waals surface area (Å²) in [6.07, 6.45) is 3.44. The van der Waals surface area contributed by atoms with Gasteiger partial charge in [0.2, 0.25) is 0 Å². The third-order valence-electron chi connectivity index (χ3n) is 0.777. The summed E-state index contributed by atoms with van der Waals surface area (Å²) in [5.74, 6) is 0. The molecule has 0 radical (unpaired) electrons. The Labute approximate surface area is 53.5 Å². The van der Waals surface area contributed by atoms with E-state index >= 15 is 0 Å². The van der Waals surface area contributed by atoms with Gasteiger partial charge in [-0.2, -0.15) is 4.99 Å². The number of rotatable bonds is 1. The first-order valence-corrected chi connectivity index (χ1v) is 2.11. The predicted octanol–water partition coefficient (Wildman–Crippen LogP) is -4.57. The van der Waals surface area contributed by atoms with E-state index in [1.807, 2.05) is 0 Å². The van der Waals surface area contributed by atoms with Crippen LogP contribution in [0.25, 0.3) is 0 Å². The molecule has 1 aliphatic heterocycles. The smallest absolute Gasteiger partial charge is 0.191 e. The molecule has 3 N–H and O–H groups in total. The Morgan fingerprint density at radius 1 is 1.75 bits per heavy atom. The van der Waals surface area contributed by atoms with Gasteiger partial charge in [0.1, 0.15) is 11.9 Å². The highest BCUT2D eigenvalue weighted by Gasteiger charge is 1.97. The maximum absolute atomic E-state index is 8.36. The quantitative estimate of drug-likeness (QED) is 0.373. The highest BCUT2D eigenvalue weighted by Crippen LogP contribution is 1.89. The Kier molecular flexibility index (Phi) is 3.43. The van der Waals surface area contributed by atoms with Crippen molar-refractivity contribution in [3.05, 3.63) is 11.9 Å². The van der Waals surface area contributed by atoms with Gasteiger partial charge in [-0.3, -0.25) is 5.32 Å². The summed E-state index contributed by atoms with van der Waals surface area (Å²) < 4.78 is 0. The molecule has 46 valence electrons. The molecule has 0 amide bonds. The van der Waals surface area contributed by atoms with Crippen molar-refractivity contribution in [2.75, 3.05) is 6.61 Å². The summed E-state index contributed by atoms with van der Waals surface area (Å²) in [4.78, 5) is 3.78. The summed E-state index contributed by atoms with van der Waals surface area (Å²) >= 11 is 0. The second kappa shape index (κ2) is 3.60. The van der Waals surface area contributed by atoms with E-state index in [0.29, 0.717) is 0 Å². The second-order valence-corrected chi connectivity index (χ2v) is 1.29. The number of nitrogens with two attached hydrogens (primary N) is 1. The standard InChI is InChI=1S/C4H6N2O.ClH/c7-2-4-1-5-3-6-4;/h1,3,7H,2H2,(H,5,6);1H. The zero-order valence-corrected chi connectivity index (χ0v) is 4.97. The van der Waals surface area contributed by atoms with Gasteiger partial charge in [0.25, 0.3) is 0 Å². The molecule has 0 saturated carbocycles. The molecule has 0 saturated heterocycles. The highest BCUT2D eigenvalue weighted by atomic mass is 35.5. The molecular weight excluding hydrogens is 128 g/mol. The lowest BCUT2D eigenvalue weighted by Gasteiger charge is -1.78. The lowest BCUT2D eigenvalue weighted by atomic mass is 10.5. The molecule has 1 rings (SSSR count). The number of aliphatic hydroxyl groups excluding tert-OH is 1. The van der Waals surface area contributed by atoms with Crippen molar-refractivity contribution in [2.45, 2.75) is 0 Å². The number of halogens is 1. The molecule has 0 aromatic heterocycles. The molecule has 3 nitrogen and oxygen atoms in total. The Morgan fingerprint density at radius 2 is 2.50 bits per heavy atom. The number of hydrogen-bond acceptors (Lipinski definition) is 2. The van der Waals surface area contributed by atoms with Gasteiger partial charge in [-0.1, -0.05) is 0 Å². The van der Waals surface area contributed by atoms with E-state index in [-0.39, 0.29) is 19.0 Å². The normalized spacial score (nSPS) is 15.4. The third-order valence-corrected chi connectivity index (χ3v) is 0.777. The van der Waals surface area contributed by atoms with Gasteiger partial charge in [0.05, 0.1) is 6.61 Å². The monoisotopic (exact) mass is 134 g/mol. The van der Waals surface area contributed by atoms with Crippen LogP contribution in [0.5, 0.6) is 0 Å². The van der Waals surface area contributed by atoms with Crippen molar-refractivity contribution in [1.82, 2.24) is 0 Å². The van der Waals surface area contributed by atoms with Crippen LogP contribution >= 0.6 is 0 Å². The Balaban J connectivity index is 0.000000490. The molecule has 0 aromatic rings. The van der Waals surface area contributed by atoms with Gasteiger partial charge >= 0.3 is 0 Å². The fraction of sp³-hybridized carbons (Fsp3) is 0.250. The maximum Gasteiger partial charge on any atom is 0.191 e. The summed E-state index contributed by atoms with van der Waals surface area (Å²) in [6, 6.07) is 0. The molecule has 0 aliphatic carbocycles. The Hall–Kier alpha value is -0.380. The van der Waals surface area contributed by atoms with E-state index in [1.165, 1.54) is 0 Å². The van der Waals surface area contributed by atoms with Crippen LogP contribution in [0.2, 0.25) is 0 Å². The van der Waals surface area contributed by atoms with Crippen LogP contribution in [-0.4, -0.2) is 18.1 Å². The fourth-order valence-corrected chi connectivity index (χ4v) is 0.429. The summed E-state index contributed by atoms with van der Waals surface area (Å²) in [6.45, 7) is 0.0486. The summed E-state index contributed by atoms with van der Waals surface area (Å²) in [5.41, 5.74) is 0.736.